The van der Waals surface area contributed by atoms with E-state index in [-0.39, 0.29) is 0 Å². The first-order valence-corrected chi connectivity index (χ1v) is 6.44. The number of aromatic hydroxyl groups is 1. The summed E-state index contributed by atoms with van der Waals surface area (Å²) < 4.78 is 0. The minimum absolute atomic E-state index is 0.382. The molecule has 0 radical (unpaired) electrons. The van der Waals surface area contributed by atoms with Gasteiger partial charge in [0.2, 0.25) is 0 Å². The smallest absolute Gasteiger partial charge is 0.129 e. The van der Waals surface area contributed by atoms with Crippen molar-refractivity contribution in [3.05, 3.63) is 41.5 Å². The molecule has 0 amide bonds. The van der Waals surface area contributed by atoms with E-state index in [4.69, 9.17) is 0 Å². The molecule has 0 saturated carbocycles. The van der Waals surface area contributed by atoms with E-state index in [9.17, 15) is 5.11 Å². The van der Waals surface area contributed by atoms with Gasteiger partial charge in [-0.3, -0.25) is 0 Å². The van der Waals surface area contributed by atoms with Gasteiger partial charge in [-0.2, -0.15) is 0 Å². The van der Waals surface area contributed by atoms with Crippen LogP contribution in [0.2, 0.25) is 0 Å². The normalized spacial score (nSPS) is 11.6. The van der Waals surface area contributed by atoms with Crippen LogP contribution in [0.4, 0.5) is 0 Å². The summed E-state index contributed by atoms with van der Waals surface area (Å²) in [5.74, 6) is 0.382. The average molecular weight is 230 g/mol. The Bertz CT molecular complexity index is 354. The van der Waals surface area contributed by atoms with Crippen LogP contribution in [0.3, 0.4) is 0 Å². The molecule has 92 valence electrons. The molecule has 0 unspecified atom stereocenters. The van der Waals surface area contributed by atoms with Crippen LogP contribution in [0.15, 0.2) is 30.4 Å². The number of phenolic OH excluding ortho intramolecular Hbond substituents is 1. The molecule has 1 rings (SSSR count). The van der Waals surface area contributed by atoms with Crippen LogP contribution >= 0.6 is 0 Å². The Morgan fingerprint density at radius 3 is 1.82 bits per heavy atom. The first kappa shape index (κ1) is 13.6. The summed E-state index contributed by atoms with van der Waals surface area (Å²) in [6.07, 6.45) is 12.6. The zero-order chi connectivity index (χ0) is 12.5. The summed E-state index contributed by atoms with van der Waals surface area (Å²) in [7, 11) is 0. The second-order valence-corrected chi connectivity index (χ2v) is 4.17. The van der Waals surface area contributed by atoms with Gasteiger partial charge in [-0.1, -0.05) is 69.2 Å². The Balaban J connectivity index is 2.83. The molecule has 0 aromatic heterocycles. The van der Waals surface area contributed by atoms with Gasteiger partial charge >= 0.3 is 0 Å². The first-order chi connectivity index (χ1) is 8.29. The van der Waals surface area contributed by atoms with Gasteiger partial charge < -0.3 is 5.11 Å². The zero-order valence-corrected chi connectivity index (χ0v) is 10.8. The van der Waals surface area contributed by atoms with Crippen molar-refractivity contribution in [1.82, 2.24) is 0 Å². The van der Waals surface area contributed by atoms with Crippen LogP contribution in [0.1, 0.15) is 50.7 Å². The fourth-order valence-electron chi connectivity index (χ4n) is 1.60. The molecule has 0 fully saturated rings. The van der Waals surface area contributed by atoms with Gasteiger partial charge in [0, 0.05) is 11.1 Å². The molecule has 0 atom stereocenters. The second kappa shape index (κ2) is 7.72. The quantitative estimate of drug-likeness (QED) is 0.727. The summed E-state index contributed by atoms with van der Waals surface area (Å²) in [6.45, 7) is 4.29. The van der Waals surface area contributed by atoms with Crippen molar-refractivity contribution in [3.8, 4) is 5.75 Å². The molecule has 1 aromatic rings. The Labute approximate surface area is 104 Å². The monoisotopic (exact) mass is 230 g/mol. The van der Waals surface area contributed by atoms with Crippen molar-refractivity contribution >= 4 is 12.2 Å². The number of allylic oxidation sites excluding steroid dienone is 2. The fraction of sp³-hybridized carbons (Fsp3) is 0.375. The van der Waals surface area contributed by atoms with E-state index in [1.165, 1.54) is 0 Å². The van der Waals surface area contributed by atoms with E-state index >= 15 is 0 Å². The standard InChI is InChI=1S/C16H22O/c1-3-5-7-10-14-12-9-13-15(16(14)17)11-8-6-4-2/h7-13,17H,3-6H2,1-2H3. The Morgan fingerprint density at radius 1 is 0.941 bits per heavy atom. The van der Waals surface area contributed by atoms with Crippen molar-refractivity contribution in [3.63, 3.8) is 0 Å². The third kappa shape index (κ3) is 4.48. The van der Waals surface area contributed by atoms with Crippen molar-refractivity contribution < 1.29 is 5.11 Å². The molecule has 0 aliphatic carbocycles. The topological polar surface area (TPSA) is 20.2 Å². The van der Waals surface area contributed by atoms with E-state index < -0.39 is 0 Å². The van der Waals surface area contributed by atoms with Crippen LogP contribution in [0.5, 0.6) is 5.75 Å². The lowest BCUT2D eigenvalue weighted by atomic mass is 10.1. The molecule has 0 heterocycles. The van der Waals surface area contributed by atoms with Gasteiger partial charge in [0.15, 0.2) is 0 Å². The SMILES string of the molecule is CCCC=Cc1cccc(C=CCCC)c1O. The maximum atomic E-state index is 10.1. The predicted octanol–water partition coefficient (Wildman–Crippen LogP) is 5.02. The summed E-state index contributed by atoms with van der Waals surface area (Å²) in [5, 5.41) is 10.1. The van der Waals surface area contributed by atoms with Crippen LogP contribution in [0, 0.1) is 0 Å². The average Bonchev–Trinajstić information content (AvgIpc) is 2.34. The summed E-state index contributed by atoms with van der Waals surface area (Å²) in [5.41, 5.74) is 1.80. The molecule has 0 saturated heterocycles. The first-order valence-electron chi connectivity index (χ1n) is 6.44. The van der Waals surface area contributed by atoms with Crippen LogP contribution in [0.25, 0.3) is 12.2 Å². The third-order valence-electron chi connectivity index (χ3n) is 2.60. The summed E-state index contributed by atoms with van der Waals surface area (Å²) in [4.78, 5) is 0. The molecular formula is C16H22O. The number of rotatable bonds is 6. The highest BCUT2D eigenvalue weighted by atomic mass is 16.3. The summed E-state index contributed by atoms with van der Waals surface area (Å²) >= 11 is 0. The molecular weight excluding hydrogens is 208 g/mol. The lowest BCUT2D eigenvalue weighted by Gasteiger charge is -2.03. The number of phenols is 1. The number of unbranched alkanes of at least 4 members (excludes halogenated alkanes) is 2. The van der Waals surface area contributed by atoms with Crippen molar-refractivity contribution in [2.75, 3.05) is 0 Å². The predicted molar refractivity (Wildman–Crippen MR) is 76.0 cm³/mol. The molecule has 0 spiro atoms. The highest BCUT2D eigenvalue weighted by Gasteiger charge is 2.00. The third-order valence-corrected chi connectivity index (χ3v) is 2.60. The van der Waals surface area contributed by atoms with Gasteiger partial charge in [-0.15, -0.1) is 0 Å². The highest BCUT2D eigenvalue weighted by Crippen LogP contribution is 2.25. The number of hydrogen-bond acceptors (Lipinski definition) is 1. The Morgan fingerprint density at radius 2 is 1.41 bits per heavy atom. The molecule has 1 nitrogen and oxygen atoms in total. The zero-order valence-electron chi connectivity index (χ0n) is 10.8. The molecule has 17 heavy (non-hydrogen) atoms. The minimum Gasteiger partial charge on any atom is -0.507 e. The number of para-hydroxylation sites is 1. The molecule has 0 aliphatic heterocycles. The Kier molecular flexibility index (Phi) is 6.16. The van der Waals surface area contributed by atoms with Crippen LogP contribution < -0.4 is 0 Å². The lowest BCUT2D eigenvalue weighted by molar-refractivity contribution is 0.472. The molecule has 1 heteroatoms. The number of benzene rings is 1. The summed E-state index contributed by atoms with van der Waals surface area (Å²) in [6, 6.07) is 5.87. The van der Waals surface area contributed by atoms with E-state index in [1.54, 1.807) is 0 Å². The second-order valence-electron chi connectivity index (χ2n) is 4.17. The molecule has 1 aromatic carbocycles. The maximum absolute atomic E-state index is 10.1. The van der Waals surface area contributed by atoms with E-state index in [2.05, 4.69) is 26.0 Å². The molecule has 0 bridgehead atoms. The van der Waals surface area contributed by atoms with Crippen molar-refractivity contribution in [1.29, 1.82) is 0 Å². The van der Waals surface area contributed by atoms with Crippen LogP contribution in [-0.2, 0) is 0 Å². The molecule has 0 aliphatic rings. The fourth-order valence-corrected chi connectivity index (χ4v) is 1.60. The van der Waals surface area contributed by atoms with Crippen LogP contribution in [-0.4, -0.2) is 5.11 Å². The lowest BCUT2D eigenvalue weighted by Crippen LogP contribution is -1.80. The van der Waals surface area contributed by atoms with E-state index in [0.717, 1.165) is 36.8 Å². The van der Waals surface area contributed by atoms with Gasteiger partial charge in [0.05, 0.1) is 0 Å². The van der Waals surface area contributed by atoms with Gasteiger partial charge in [0.1, 0.15) is 5.75 Å². The molecule has 1 N–H and O–H groups in total. The largest absolute Gasteiger partial charge is 0.507 e. The van der Waals surface area contributed by atoms with Gasteiger partial charge in [-0.25, -0.2) is 0 Å². The minimum atomic E-state index is 0.382. The van der Waals surface area contributed by atoms with E-state index in [0.29, 0.717) is 5.75 Å². The van der Waals surface area contributed by atoms with Gasteiger partial charge in [0.25, 0.3) is 0 Å². The van der Waals surface area contributed by atoms with E-state index in [1.807, 2.05) is 30.4 Å². The maximum Gasteiger partial charge on any atom is 0.129 e. The van der Waals surface area contributed by atoms with Crippen molar-refractivity contribution in [2.24, 2.45) is 0 Å². The highest BCUT2D eigenvalue weighted by molar-refractivity contribution is 5.67. The Hall–Kier alpha value is -1.50. The number of hydrogen-bond donors (Lipinski definition) is 1. The van der Waals surface area contributed by atoms with Gasteiger partial charge in [-0.05, 0) is 12.8 Å². The van der Waals surface area contributed by atoms with Crippen molar-refractivity contribution in [2.45, 2.75) is 39.5 Å².